The van der Waals surface area contributed by atoms with E-state index in [9.17, 15) is 4.79 Å². The molecule has 0 amide bonds. The van der Waals surface area contributed by atoms with Crippen molar-refractivity contribution in [2.45, 2.75) is 39.7 Å². The van der Waals surface area contributed by atoms with Gasteiger partial charge in [-0.1, -0.05) is 37.0 Å². The number of carbonyl (C=O) groups is 3. The van der Waals surface area contributed by atoms with Gasteiger partial charge in [-0.2, -0.15) is 0 Å². The lowest BCUT2D eigenvalue weighted by molar-refractivity contribution is -0.159. The van der Waals surface area contributed by atoms with Gasteiger partial charge in [-0.05, 0) is 37.1 Å². The minimum Gasteiger partial charge on any atom is -0.473 e. The van der Waals surface area contributed by atoms with Crippen LogP contribution in [0.5, 0.6) is 0 Å². The maximum Gasteiger partial charge on any atom is 0.414 e. The summed E-state index contributed by atoms with van der Waals surface area (Å²) in [5, 5.41) is 16.0. The maximum absolute atomic E-state index is 12.1. The van der Waals surface area contributed by atoms with Gasteiger partial charge in [0.2, 0.25) is 0 Å². The molecule has 0 fully saturated rings. The SMILES string of the molecule is CC(N)CC(=O)C(C)(C)Cc1cc(Cl)cc(Cl)c1.O=C(O)C(=O)O. The Labute approximate surface area is 150 Å². The van der Waals surface area contributed by atoms with Crippen LogP contribution in [0.2, 0.25) is 10.0 Å². The molecule has 1 rings (SSSR count). The molecule has 0 aliphatic carbocycles. The van der Waals surface area contributed by atoms with Gasteiger partial charge in [0.05, 0.1) is 0 Å². The smallest absolute Gasteiger partial charge is 0.414 e. The number of hydrogen-bond acceptors (Lipinski definition) is 4. The molecule has 1 aromatic rings. The lowest BCUT2D eigenvalue weighted by Crippen LogP contribution is -2.32. The van der Waals surface area contributed by atoms with Crippen LogP contribution in [0.25, 0.3) is 0 Å². The van der Waals surface area contributed by atoms with Gasteiger partial charge in [-0.15, -0.1) is 0 Å². The number of halogens is 2. The van der Waals surface area contributed by atoms with Gasteiger partial charge in [0.15, 0.2) is 0 Å². The molecule has 0 aliphatic rings. The number of carboxylic acids is 2. The van der Waals surface area contributed by atoms with E-state index < -0.39 is 17.4 Å². The van der Waals surface area contributed by atoms with E-state index in [2.05, 4.69) is 0 Å². The second kappa shape index (κ2) is 9.61. The van der Waals surface area contributed by atoms with Crippen LogP contribution in [0.4, 0.5) is 0 Å². The first-order valence-corrected chi connectivity index (χ1v) is 7.81. The average molecular weight is 378 g/mol. The zero-order chi connectivity index (χ0) is 19.1. The molecule has 0 aromatic heterocycles. The molecule has 1 aromatic carbocycles. The Bertz CT molecular complexity index is 582. The highest BCUT2D eigenvalue weighted by atomic mass is 35.5. The van der Waals surface area contributed by atoms with Crippen molar-refractivity contribution in [3.05, 3.63) is 33.8 Å². The molecule has 24 heavy (non-hydrogen) atoms. The van der Waals surface area contributed by atoms with Gasteiger partial charge in [0, 0.05) is 27.9 Å². The summed E-state index contributed by atoms with van der Waals surface area (Å²) in [4.78, 5) is 30.3. The van der Waals surface area contributed by atoms with Crippen molar-refractivity contribution in [3.8, 4) is 0 Å². The van der Waals surface area contributed by atoms with Crippen molar-refractivity contribution in [1.82, 2.24) is 0 Å². The summed E-state index contributed by atoms with van der Waals surface area (Å²) in [5.74, 6) is -3.49. The van der Waals surface area contributed by atoms with E-state index in [1.54, 1.807) is 6.07 Å². The van der Waals surface area contributed by atoms with Crippen molar-refractivity contribution in [2.24, 2.45) is 11.1 Å². The van der Waals surface area contributed by atoms with Gasteiger partial charge >= 0.3 is 11.9 Å². The fraction of sp³-hybridized carbons (Fsp3) is 0.438. The van der Waals surface area contributed by atoms with Crippen LogP contribution in [0, 0.1) is 5.41 Å². The highest BCUT2D eigenvalue weighted by Crippen LogP contribution is 2.28. The van der Waals surface area contributed by atoms with Crippen LogP contribution in [-0.2, 0) is 20.8 Å². The van der Waals surface area contributed by atoms with Gasteiger partial charge in [0.25, 0.3) is 0 Å². The van der Waals surface area contributed by atoms with Crippen LogP contribution in [0.15, 0.2) is 18.2 Å². The fourth-order valence-electron chi connectivity index (χ4n) is 1.89. The zero-order valence-corrected chi connectivity index (χ0v) is 15.2. The summed E-state index contributed by atoms with van der Waals surface area (Å²) in [6.07, 6.45) is 1.00. The normalized spacial score (nSPS) is 11.9. The molecule has 0 radical (unpaired) electrons. The third-order valence-corrected chi connectivity index (χ3v) is 3.45. The molecule has 0 saturated carbocycles. The highest BCUT2D eigenvalue weighted by molar-refractivity contribution is 6.34. The van der Waals surface area contributed by atoms with Crippen molar-refractivity contribution in [3.63, 3.8) is 0 Å². The second-order valence-electron chi connectivity index (χ2n) is 6.05. The standard InChI is InChI=1S/C14H19Cl2NO.C2H2O4/c1-9(17)4-13(18)14(2,3)8-10-5-11(15)7-12(16)6-10;3-1(4)2(5)6/h5-7,9H,4,8,17H2,1-3H3;(H,3,4)(H,5,6). The van der Waals surface area contributed by atoms with Gasteiger partial charge in [-0.3, -0.25) is 4.79 Å². The molecule has 1 unspecified atom stereocenters. The first kappa shape index (κ1) is 22.4. The van der Waals surface area contributed by atoms with Crippen LogP contribution < -0.4 is 5.73 Å². The second-order valence-corrected chi connectivity index (χ2v) is 6.93. The predicted molar refractivity (Wildman–Crippen MR) is 92.5 cm³/mol. The van der Waals surface area contributed by atoms with Crippen molar-refractivity contribution < 1.29 is 24.6 Å². The Morgan fingerprint density at radius 1 is 1.08 bits per heavy atom. The molecular formula is C16H21Cl2NO5. The molecule has 4 N–H and O–H groups in total. The number of nitrogens with two attached hydrogens (primary N) is 1. The predicted octanol–water partition coefficient (Wildman–Crippen LogP) is 3.02. The van der Waals surface area contributed by atoms with E-state index in [0.717, 1.165) is 5.56 Å². The fourth-order valence-corrected chi connectivity index (χ4v) is 2.46. The Morgan fingerprint density at radius 3 is 1.83 bits per heavy atom. The number of rotatable bonds is 5. The summed E-state index contributed by atoms with van der Waals surface area (Å²) < 4.78 is 0. The third-order valence-electron chi connectivity index (χ3n) is 3.01. The molecular weight excluding hydrogens is 357 g/mol. The van der Waals surface area contributed by atoms with Gasteiger partial charge < -0.3 is 15.9 Å². The van der Waals surface area contributed by atoms with Crippen molar-refractivity contribution in [1.29, 1.82) is 0 Å². The Kier molecular flexibility index (Phi) is 8.96. The highest BCUT2D eigenvalue weighted by Gasteiger charge is 2.28. The lowest BCUT2D eigenvalue weighted by Gasteiger charge is -2.24. The van der Waals surface area contributed by atoms with E-state index in [-0.39, 0.29) is 11.8 Å². The number of aliphatic carboxylic acids is 2. The molecule has 0 saturated heterocycles. The summed E-state index contributed by atoms with van der Waals surface area (Å²) in [6.45, 7) is 5.68. The Hall–Kier alpha value is -1.63. The first-order chi connectivity index (χ1) is 10.8. The molecule has 1 atom stereocenters. The monoisotopic (exact) mass is 377 g/mol. The zero-order valence-electron chi connectivity index (χ0n) is 13.7. The number of Topliss-reactive ketones (excluding diaryl/α,β-unsaturated/α-hetero) is 1. The summed E-state index contributed by atoms with van der Waals surface area (Å²) in [6, 6.07) is 5.26. The third kappa shape index (κ3) is 8.86. The van der Waals surface area contributed by atoms with Crippen LogP contribution in [0.3, 0.4) is 0 Å². The largest absolute Gasteiger partial charge is 0.473 e. The van der Waals surface area contributed by atoms with Gasteiger partial charge in [0.1, 0.15) is 5.78 Å². The molecule has 0 heterocycles. The summed E-state index contributed by atoms with van der Waals surface area (Å²) >= 11 is 11.9. The lowest BCUT2D eigenvalue weighted by atomic mass is 9.79. The number of hydrogen-bond donors (Lipinski definition) is 3. The Morgan fingerprint density at radius 2 is 1.50 bits per heavy atom. The number of ketones is 1. The van der Waals surface area contributed by atoms with E-state index in [1.807, 2.05) is 32.9 Å². The minimum atomic E-state index is -1.82. The molecule has 6 nitrogen and oxygen atoms in total. The van der Waals surface area contributed by atoms with Crippen LogP contribution in [-0.4, -0.2) is 34.0 Å². The molecule has 0 aliphatic heterocycles. The molecule has 8 heteroatoms. The molecule has 0 bridgehead atoms. The van der Waals surface area contributed by atoms with E-state index in [1.165, 1.54) is 0 Å². The van der Waals surface area contributed by atoms with Crippen LogP contribution >= 0.6 is 23.2 Å². The van der Waals surface area contributed by atoms with Gasteiger partial charge in [-0.25, -0.2) is 9.59 Å². The quantitative estimate of drug-likeness (QED) is 0.678. The average Bonchev–Trinajstić information content (AvgIpc) is 2.36. The number of benzene rings is 1. The summed E-state index contributed by atoms with van der Waals surface area (Å²) in [5.41, 5.74) is 6.18. The minimum absolute atomic E-state index is 0.111. The Balaban J connectivity index is 0.000000754. The van der Waals surface area contributed by atoms with Crippen molar-refractivity contribution in [2.75, 3.05) is 0 Å². The topological polar surface area (TPSA) is 118 Å². The van der Waals surface area contributed by atoms with Crippen LogP contribution in [0.1, 0.15) is 32.8 Å². The van der Waals surface area contributed by atoms with Crippen molar-refractivity contribution >= 4 is 40.9 Å². The molecule has 0 spiro atoms. The molecule has 134 valence electrons. The number of carboxylic acid groups (broad SMARTS) is 2. The summed E-state index contributed by atoms with van der Waals surface area (Å²) in [7, 11) is 0. The van der Waals surface area contributed by atoms with E-state index in [4.69, 9.17) is 48.7 Å². The van der Waals surface area contributed by atoms with E-state index >= 15 is 0 Å². The number of carbonyl (C=O) groups excluding carboxylic acids is 1. The first-order valence-electron chi connectivity index (χ1n) is 7.05. The maximum atomic E-state index is 12.1. The van der Waals surface area contributed by atoms with E-state index in [0.29, 0.717) is 22.9 Å².